The second-order valence-corrected chi connectivity index (χ2v) is 6.55. The number of rotatable bonds is 10. The largest absolute Gasteiger partial charge is 0.463 e. The maximum Gasteiger partial charge on any atom is 0.330 e. The first-order chi connectivity index (χ1) is 12.9. The van der Waals surface area contributed by atoms with E-state index < -0.39 is 41.8 Å². The van der Waals surface area contributed by atoms with Crippen molar-refractivity contribution in [1.29, 1.82) is 0 Å². The van der Waals surface area contributed by atoms with Crippen LogP contribution in [0.4, 0.5) is 0 Å². The predicted molar refractivity (Wildman–Crippen MR) is 95.0 cm³/mol. The second-order valence-electron chi connectivity index (χ2n) is 6.55. The highest BCUT2D eigenvalue weighted by Crippen LogP contribution is 2.28. The Balaban J connectivity index is 1.79. The molecular formula is C17H27N3O7. The van der Waals surface area contributed by atoms with E-state index in [0.717, 1.165) is 36.3 Å². The Kier molecular flexibility index (Phi) is 8.17. The molecule has 0 unspecified atom stereocenters. The van der Waals surface area contributed by atoms with Gasteiger partial charge in [-0.15, -0.1) is 0 Å². The third-order valence-corrected chi connectivity index (χ3v) is 4.46. The number of aromatic nitrogens is 2. The van der Waals surface area contributed by atoms with Crippen molar-refractivity contribution in [2.24, 2.45) is 5.73 Å². The van der Waals surface area contributed by atoms with Gasteiger partial charge in [-0.05, 0) is 19.4 Å². The highest BCUT2D eigenvalue weighted by molar-refractivity contribution is 5.69. The number of aromatic amines is 1. The number of nitrogens with two attached hydrogens (primary N) is 1. The number of esters is 1. The van der Waals surface area contributed by atoms with Crippen LogP contribution in [0.5, 0.6) is 0 Å². The number of ether oxygens (including phenoxy) is 2. The summed E-state index contributed by atoms with van der Waals surface area (Å²) in [5.74, 6) is -0.413. The molecule has 152 valence electrons. The van der Waals surface area contributed by atoms with Crippen LogP contribution in [0.15, 0.2) is 21.9 Å². The lowest BCUT2D eigenvalue weighted by Crippen LogP contribution is -2.37. The van der Waals surface area contributed by atoms with Gasteiger partial charge in [-0.3, -0.25) is 19.1 Å². The molecular weight excluding hydrogens is 358 g/mol. The highest BCUT2D eigenvalue weighted by atomic mass is 16.6. The molecule has 0 spiro atoms. The average molecular weight is 385 g/mol. The summed E-state index contributed by atoms with van der Waals surface area (Å²) in [6, 6.07) is 1.10. The molecule has 10 nitrogen and oxygen atoms in total. The molecule has 10 heteroatoms. The summed E-state index contributed by atoms with van der Waals surface area (Å²) in [7, 11) is 0. The van der Waals surface area contributed by atoms with Crippen molar-refractivity contribution in [3.8, 4) is 0 Å². The molecule has 1 fully saturated rings. The molecule has 0 amide bonds. The molecule has 5 N–H and O–H groups in total. The van der Waals surface area contributed by atoms with E-state index >= 15 is 0 Å². The molecule has 1 aliphatic rings. The lowest BCUT2D eigenvalue weighted by Gasteiger charge is -2.16. The fourth-order valence-electron chi connectivity index (χ4n) is 2.92. The van der Waals surface area contributed by atoms with Crippen molar-refractivity contribution < 1.29 is 24.5 Å². The van der Waals surface area contributed by atoms with Crippen molar-refractivity contribution in [2.45, 2.75) is 63.1 Å². The lowest BCUT2D eigenvalue weighted by molar-refractivity contribution is -0.150. The van der Waals surface area contributed by atoms with E-state index in [9.17, 15) is 24.6 Å². The summed E-state index contributed by atoms with van der Waals surface area (Å²) in [5, 5.41) is 20.2. The minimum atomic E-state index is -1.40. The van der Waals surface area contributed by atoms with Gasteiger partial charge in [-0.25, -0.2) is 4.79 Å². The quantitative estimate of drug-likeness (QED) is 0.295. The minimum Gasteiger partial charge on any atom is -0.463 e. The summed E-state index contributed by atoms with van der Waals surface area (Å²) in [5.41, 5.74) is 4.06. The number of carbonyl (C=O) groups is 1. The molecule has 4 atom stereocenters. The Morgan fingerprint density at radius 1 is 1.19 bits per heavy atom. The maximum atomic E-state index is 11.8. The van der Waals surface area contributed by atoms with Crippen molar-refractivity contribution in [1.82, 2.24) is 9.55 Å². The van der Waals surface area contributed by atoms with Crippen LogP contribution in [-0.2, 0) is 14.3 Å². The van der Waals surface area contributed by atoms with Crippen LogP contribution in [-0.4, -0.2) is 57.2 Å². The van der Waals surface area contributed by atoms with Gasteiger partial charge in [0.15, 0.2) is 6.23 Å². The monoisotopic (exact) mass is 385 g/mol. The Bertz CT molecular complexity index is 717. The molecule has 2 heterocycles. The summed E-state index contributed by atoms with van der Waals surface area (Å²) in [6.07, 6.45) is 1.17. The van der Waals surface area contributed by atoms with Gasteiger partial charge in [-0.2, -0.15) is 0 Å². The first-order valence-electron chi connectivity index (χ1n) is 9.13. The summed E-state index contributed by atoms with van der Waals surface area (Å²) in [4.78, 5) is 36.8. The van der Waals surface area contributed by atoms with Crippen molar-refractivity contribution in [2.75, 3.05) is 13.2 Å². The fourth-order valence-corrected chi connectivity index (χ4v) is 2.92. The standard InChI is InChI=1S/C17H27N3O7/c18-8-5-3-1-2-4-6-13(22)26-10-11-14(23)15(24)16(27-11)20-9-7-12(21)19-17(20)25/h7,9,11,14-16,23-24H,1-6,8,10,18H2,(H,19,21,25)/t11-,14-,15-,16-/m1/s1. The number of aliphatic hydroxyl groups is 2. The number of unbranched alkanes of at least 4 members (excludes halogenated alkanes) is 4. The maximum absolute atomic E-state index is 11.8. The van der Waals surface area contributed by atoms with E-state index in [1.54, 1.807) is 0 Å². The molecule has 1 aliphatic heterocycles. The Morgan fingerprint density at radius 3 is 2.59 bits per heavy atom. The molecule has 2 rings (SSSR count). The number of carbonyl (C=O) groups excluding carboxylic acids is 1. The molecule has 27 heavy (non-hydrogen) atoms. The van der Waals surface area contributed by atoms with Gasteiger partial charge in [0, 0.05) is 18.7 Å². The first-order valence-corrected chi connectivity index (χ1v) is 9.13. The Morgan fingerprint density at radius 2 is 1.89 bits per heavy atom. The zero-order valence-electron chi connectivity index (χ0n) is 15.1. The molecule has 0 bridgehead atoms. The second kappa shape index (κ2) is 10.4. The number of H-pyrrole nitrogens is 1. The van der Waals surface area contributed by atoms with Crippen LogP contribution in [0, 0.1) is 0 Å². The van der Waals surface area contributed by atoms with Crippen LogP contribution < -0.4 is 17.0 Å². The number of hydrogen-bond acceptors (Lipinski definition) is 8. The van der Waals surface area contributed by atoms with Gasteiger partial charge in [-0.1, -0.05) is 19.3 Å². The predicted octanol–water partition coefficient (Wildman–Crippen LogP) is -1.00. The van der Waals surface area contributed by atoms with Crippen LogP contribution >= 0.6 is 0 Å². The molecule has 0 radical (unpaired) electrons. The van der Waals surface area contributed by atoms with Crippen molar-refractivity contribution in [3.63, 3.8) is 0 Å². The third-order valence-electron chi connectivity index (χ3n) is 4.46. The Labute approximate surface area is 155 Å². The van der Waals surface area contributed by atoms with Gasteiger partial charge in [0.1, 0.15) is 24.9 Å². The molecule has 0 aromatic carbocycles. The molecule has 0 saturated carbocycles. The smallest absolute Gasteiger partial charge is 0.330 e. The number of hydrogen-bond donors (Lipinski definition) is 4. The van der Waals surface area contributed by atoms with Gasteiger partial charge >= 0.3 is 11.7 Å². The van der Waals surface area contributed by atoms with E-state index in [1.807, 2.05) is 4.98 Å². The van der Waals surface area contributed by atoms with E-state index in [0.29, 0.717) is 13.0 Å². The van der Waals surface area contributed by atoms with Gasteiger partial charge in [0.2, 0.25) is 0 Å². The highest BCUT2D eigenvalue weighted by Gasteiger charge is 2.44. The van der Waals surface area contributed by atoms with Crippen LogP contribution in [0.2, 0.25) is 0 Å². The van der Waals surface area contributed by atoms with Gasteiger partial charge < -0.3 is 25.4 Å². The fraction of sp³-hybridized carbons (Fsp3) is 0.706. The molecule has 0 aliphatic carbocycles. The summed E-state index contributed by atoms with van der Waals surface area (Å²) >= 11 is 0. The Hall–Kier alpha value is -2.01. The average Bonchev–Trinajstić information content (AvgIpc) is 2.91. The van der Waals surface area contributed by atoms with Crippen LogP contribution in [0.1, 0.15) is 44.8 Å². The van der Waals surface area contributed by atoms with Crippen LogP contribution in [0.25, 0.3) is 0 Å². The van der Waals surface area contributed by atoms with E-state index in [1.165, 1.54) is 6.20 Å². The molecule has 1 aromatic heterocycles. The van der Waals surface area contributed by atoms with Crippen molar-refractivity contribution >= 4 is 5.97 Å². The topological polar surface area (TPSA) is 157 Å². The van der Waals surface area contributed by atoms with Gasteiger partial charge in [0.25, 0.3) is 5.56 Å². The van der Waals surface area contributed by atoms with E-state index in [2.05, 4.69) is 0 Å². The lowest BCUT2D eigenvalue weighted by atomic mass is 10.1. The van der Waals surface area contributed by atoms with E-state index in [-0.39, 0.29) is 13.0 Å². The number of nitrogens with zero attached hydrogens (tertiary/aromatic N) is 1. The molecule has 1 saturated heterocycles. The van der Waals surface area contributed by atoms with E-state index in [4.69, 9.17) is 15.2 Å². The third kappa shape index (κ3) is 5.99. The van der Waals surface area contributed by atoms with Crippen LogP contribution in [0.3, 0.4) is 0 Å². The zero-order valence-corrected chi connectivity index (χ0v) is 15.1. The normalized spacial score (nSPS) is 24.9. The summed E-state index contributed by atoms with van der Waals surface area (Å²) in [6.45, 7) is 0.433. The first kappa shape index (κ1) is 21.3. The molecule has 1 aromatic rings. The number of aliphatic hydroxyl groups excluding tert-OH is 2. The minimum absolute atomic E-state index is 0.237. The zero-order chi connectivity index (χ0) is 19.8. The van der Waals surface area contributed by atoms with Crippen molar-refractivity contribution in [3.05, 3.63) is 33.1 Å². The number of nitrogens with one attached hydrogen (secondary N) is 1. The summed E-state index contributed by atoms with van der Waals surface area (Å²) < 4.78 is 11.5. The SMILES string of the molecule is NCCCCCCCC(=O)OC[C@H]1O[C@@H](n2ccc(=O)[nH]c2=O)[C@H](O)[C@@H]1O. The van der Waals surface area contributed by atoms with Gasteiger partial charge in [0.05, 0.1) is 0 Å².